The first-order chi connectivity index (χ1) is 14.6. The largest absolute Gasteiger partial charge is 0.417 e. The van der Waals surface area contributed by atoms with Crippen molar-refractivity contribution >= 4 is 11.5 Å². The second kappa shape index (κ2) is 7.88. The Labute approximate surface area is 178 Å². The lowest BCUT2D eigenvalue weighted by atomic mass is 9.97. The first-order valence-corrected chi connectivity index (χ1v) is 10.1. The molecule has 4 rings (SSSR count). The summed E-state index contributed by atoms with van der Waals surface area (Å²) in [5.74, 6) is 0.559. The van der Waals surface area contributed by atoms with Crippen LogP contribution in [0, 0.1) is 0 Å². The third-order valence-electron chi connectivity index (χ3n) is 5.63. The summed E-state index contributed by atoms with van der Waals surface area (Å²) in [7, 11) is 0. The Kier molecular flexibility index (Phi) is 5.38. The maximum Gasteiger partial charge on any atom is 0.417 e. The number of anilines is 2. The number of hydrogen-bond donors (Lipinski definition) is 2. The SMILES string of the molecule is CC1(C)CN(Cc2c[nH]nc2-c2ccc(N)cc2)CCN1c1ccc(C(F)(F)F)cn1. The number of piperazine rings is 1. The van der Waals surface area contributed by atoms with Gasteiger partial charge in [0.15, 0.2) is 0 Å². The van der Waals surface area contributed by atoms with Crippen LogP contribution in [0.2, 0.25) is 0 Å². The van der Waals surface area contributed by atoms with Crippen molar-refractivity contribution in [1.29, 1.82) is 0 Å². The van der Waals surface area contributed by atoms with Gasteiger partial charge in [0.25, 0.3) is 0 Å². The van der Waals surface area contributed by atoms with E-state index in [0.717, 1.165) is 42.2 Å². The Balaban J connectivity index is 1.47. The van der Waals surface area contributed by atoms with Gasteiger partial charge in [-0.05, 0) is 38.1 Å². The monoisotopic (exact) mass is 430 g/mol. The van der Waals surface area contributed by atoms with Crippen LogP contribution in [0.25, 0.3) is 11.3 Å². The normalized spacial score (nSPS) is 17.1. The van der Waals surface area contributed by atoms with Crippen LogP contribution in [0.5, 0.6) is 0 Å². The first kappa shape index (κ1) is 21.2. The minimum absolute atomic E-state index is 0.296. The average Bonchev–Trinajstić information content (AvgIpc) is 3.15. The fourth-order valence-corrected chi connectivity index (χ4v) is 4.10. The zero-order valence-electron chi connectivity index (χ0n) is 17.4. The van der Waals surface area contributed by atoms with Crippen LogP contribution < -0.4 is 10.6 Å². The van der Waals surface area contributed by atoms with Gasteiger partial charge in [-0.3, -0.25) is 10.00 Å². The van der Waals surface area contributed by atoms with Gasteiger partial charge in [0.05, 0.1) is 11.3 Å². The average molecular weight is 430 g/mol. The zero-order chi connectivity index (χ0) is 22.2. The van der Waals surface area contributed by atoms with E-state index in [1.807, 2.05) is 30.5 Å². The molecule has 0 aliphatic carbocycles. The number of halogens is 3. The summed E-state index contributed by atoms with van der Waals surface area (Å²) in [6.07, 6.45) is -1.57. The van der Waals surface area contributed by atoms with Crippen LogP contribution in [-0.2, 0) is 12.7 Å². The summed E-state index contributed by atoms with van der Waals surface area (Å²) < 4.78 is 38.5. The molecule has 1 aliphatic rings. The molecule has 6 nitrogen and oxygen atoms in total. The van der Waals surface area contributed by atoms with E-state index in [1.54, 1.807) is 0 Å². The van der Waals surface area contributed by atoms with Crippen molar-refractivity contribution in [3.63, 3.8) is 0 Å². The number of aromatic nitrogens is 3. The van der Waals surface area contributed by atoms with Gasteiger partial charge < -0.3 is 10.6 Å². The predicted molar refractivity (Wildman–Crippen MR) is 114 cm³/mol. The van der Waals surface area contributed by atoms with Crippen LogP contribution in [0.1, 0.15) is 25.0 Å². The molecule has 1 saturated heterocycles. The number of H-pyrrole nitrogens is 1. The third kappa shape index (κ3) is 4.51. The number of benzene rings is 1. The van der Waals surface area contributed by atoms with Crippen molar-refractivity contribution in [2.45, 2.75) is 32.1 Å². The highest BCUT2D eigenvalue weighted by Gasteiger charge is 2.36. The quantitative estimate of drug-likeness (QED) is 0.608. The van der Waals surface area contributed by atoms with Gasteiger partial charge in [-0.15, -0.1) is 0 Å². The van der Waals surface area contributed by atoms with E-state index in [-0.39, 0.29) is 5.54 Å². The molecule has 0 amide bonds. The highest BCUT2D eigenvalue weighted by Crippen LogP contribution is 2.32. The summed E-state index contributed by atoms with van der Waals surface area (Å²) in [4.78, 5) is 8.48. The molecule has 1 aromatic carbocycles. The van der Waals surface area contributed by atoms with E-state index >= 15 is 0 Å². The van der Waals surface area contributed by atoms with Gasteiger partial charge in [0, 0.05) is 60.9 Å². The maximum atomic E-state index is 12.8. The number of aromatic amines is 1. The lowest BCUT2D eigenvalue weighted by Gasteiger charge is -2.48. The van der Waals surface area contributed by atoms with Gasteiger partial charge in [-0.1, -0.05) is 12.1 Å². The standard InChI is InChI=1S/C22H25F3N6/c1-21(2)14-30(9-10-31(21)19-8-5-17(12-27-19)22(23,24)25)13-16-11-28-29-20(16)15-3-6-18(26)7-4-15/h3-8,11-12H,9-10,13-14,26H2,1-2H3,(H,28,29). The summed E-state index contributed by atoms with van der Waals surface area (Å²) >= 11 is 0. The van der Waals surface area contributed by atoms with Gasteiger partial charge in [-0.25, -0.2) is 4.98 Å². The zero-order valence-corrected chi connectivity index (χ0v) is 17.4. The van der Waals surface area contributed by atoms with E-state index in [9.17, 15) is 13.2 Å². The molecule has 1 fully saturated rings. The molecule has 164 valence electrons. The minimum atomic E-state index is -4.38. The Morgan fingerprint density at radius 2 is 1.84 bits per heavy atom. The van der Waals surface area contributed by atoms with Crippen LogP contribution in [-0.4, -0.2) is 45.3 Å². The fraction of sp³-hybridized carbons (Fsp3) is 0.364. The summed E-state index contributed by atoms with van der Waals surface area (Å²) in [5, 5.41) is 7.36. The molecule has 0 bridgehead atoms. The number of nitrogens with one attached hydrogen (secondary N) is 1. The maximum absolute atomic E-state index is 12.8. The smallest absolute Gasteiger partial charge is 0.399 e. The van der Waals surface area contributed by atoms with E-state index in [4.69, 9.17) is 5.73 Å². The van der Waals surface area contributed by atoms with Crippen molar-refractivity contribution in [1.82, 2.24) is 20.1 Å². The number of nitrogens with two attached hydrogens (primary N) is 1. The molecule has 31 heavy (non-hydrogen) atoms. The molecule has 2 aromatic heterocycles. The Bertz CT molecular complexity index is 1020. The first-order valence-electron chi connectivity index (χ1n) is 10.1. The number of rotatable bonds is 4. The van der Waals surface area contributed by atoms with Crippen molar-refractivity contribution in [3.8, 4) is 11.3 Å². The summed E-state index contributed by atoms with van der Waals surface area (Å²) in [6, 6.07) is 10.2. The topological polar surface area (TPSA) is 74.1 Å². The fourth-order valence-electron chi connectivity index (χ4n) is 4.10. The molecule has 3 aromatic rings. The van der Waals surface area contributed by atoms with E-state index in [0.29, 0.717) is 24.6 Å². The third-order valence-corrected chi connectivity index (χ3v) is 5.63. The number of nitrogen functional groups attached to an aromatic ring is 1. The van der Waals surface area contributed by atoms with E-state index < -0.39 is 11.7 Å². The Morgan fingerprint density at radius 1 is 1.10 bits per heavy atom. The van der Waals surface area contributed by atoms with Crippen molar-refractivity contribution < 1.29 is 13.2 Å². The second-order valence-electron chi connectivity index (χ2n) is 8.46. The molecule has 0 unspecified atom stereocenters. The predicted octanol–water partition coefficient (Wildman–Crippen LogP) is 4.17. The van der Waals surface area contributed by atoms with Crippen LogP contribution in [0.4, 0.5) is 24.7 Å². The molecular formula is C22H25F3N6. The van der Waals surface area contributed by atoms with Gasteiger partial charge in [-0.2, -0.15) is 18.3 Å². The van der Waals surface area contributed by atoms with E-state index in [1.165, 1.54) is 6.07 Å². The summed E-state index contributed by atoms with van der Waals surface area (Å²) in [6.45, 7) is 7.04. The van der Waals surface area contributed by atoms with E-state index in [2.05, 4.69) is 38.8 Å². The van der Waals surface area contributed by atoms with Crippen molar-refractivity contribution in [3.05, 3.63) is 59.9 Å². The Hall–Kier alpha value is -3.07. The summed E-state index contributed by atoms with van der Waals surface area (Å²) in [5.41, 5.74) is 8.44. The van der Waals surface area contributed by atoms with Gasteiger partial charge >= 0.3 is 6.18 Å². The second-order valence-corrected chi connectivity index (χ2v) is 8.46. The van der Waals surface area contributed by atoms with Crippen LogP contribution >= 0.6 is 0 Å². The lowest BCUT2D eigenvalue weighted by molar-refractivity contribution is -0.137. The molecule has 0 atom stereocenters. The lowest BCUT2D eigenvalue weighted by Crippen LogP contribution is -2.59. The highest BCUT2D eigenvalue weighted by atomic mass is 19.4. The Morgan fingerprint density at radius 3 is 2.45 bits per heavy atom. The number of pyridine rings is 1. The molecular weight excluding hydrogens is 405 g/mol. The molecule has 1 aliphatic heterocycles. The van der Waals surface area contributed by atoms with Crippen LogP contribution in [0.15, 0.2) is 48.8 Å². The molecule has 9 heteroatoms. The molecule has 0 saturated carbocycles. The molecule has 0 radical (unpaired) electrons. The molecule has 3 N–H and O–H groups in total. The number of nitrogens with zero attached hydrogens (tertiary/aromatic N) is 4. The van der Waals surface area contributed by atoms with Crippen molar-refractivity contribution in [2.24, 2.45) is 0 Å². The highest BCUT2D eigenvalue weighted by molar-refractivity contribution is 5.64. The van der Waals surface area contributed by atoms with Crippen molar-refractivity contribution in [2.75, 3.05) is 30.3 Å². The minimum Gasteiger partial charge on any atom is -0.399 e. The van der Waals surface area contributed by atoms with Gasteiger partial charge in [0.1, 0.15) is 5.82 Å². The molecule has 3 heterocycles. The van der Waals surface area contributed by atoms with Gasteiger partial charge in [0.2, 0.25) is 0 Å². The number of hydrogen-bond acceptors (Lipinski definition) is 5. The number of alkyl halides is 3. The molecule has 0 spiro atoms. The van der Waals surface area contributed by atoms with Crippen LogP contribution in [0.3, 0.4) is 0 Å².